The van der Waals surface area contributed by atoms with Crippen molar-refractivity contribution in [3.05, 3.63) is 24.2 Å². The summed E-state index contributed by atoms with van der Waals surface area (Å²) >= 11 is 0. The van der Waals surface area contributed by atoms with Crippen molar-refractivity contribution in [1.82, 2.24) is 15.1 Å². The number of guanidine groups is 1. The van der Waals surface area contributed by atoms with Gasteiger partial charge in [0.2, 0.25) is 11.9 Å². The van der Waals surface area contributed by atoms with Gasteiger partial charge in [0.1, 0.15) is 11.8 Å². The zero-order valence-corrected chi connectivity index (χ0v) is 15.9. The molecule has 0 bridgehead atoms. The molecule has 0 saturated carbocycles. The number of amides is 2. The number of piperazine rings is 1. The van der Waals surface area contributed by atoms with Gasteiger partial charge in [-0.1, -0.05) is 0 Å². The lowest BCUT2D eigenvalue weighted by Gasteiger charge is -2.38. The number of hydrogen-bond donors (Lipinski definition) is 1. The third-order valence-electron chi connectivity index (χ3n) is 4.58. The summed E-state index contributed by atoms with van der Waals surface area (Å²) in [7, 11) is 0. The first-order valence-corrected chi connectivity index (χ1v) is 9.30. The number of ether oxygens (including phenoxy) is 2. The molecule has 0 unspecified atom stereocenters. The Kier molecular flexibility index (Phi) is 6.17. The molecule has 28 heavy (non-hydrogen) atoms. The number of rotatable bonds is 4. The second-order valence-electron chi connectivity index (χ2n) is 6.30. The van der Waals surface area contributed by atoms with Crippen LogP contribution in [-0.2, 0) is 19.1 Å². The average molecular weight is 392 g/mol. The van der Waals surface area contributed by atoms with Gasteiger partial charge in [0.25, 0.3) is 0 Å². The van der Waals surface area contributed by atoms with Crippen molar-refractivity contribution in [3.8, 4) is 0 Å². The normalized spacial score (nSPS) is 22.4. The maximum Gasteiger partial charge on any atom is 0.409 e. The van der Waals surface area contributed by atoms with Gasteiger partial charge < -0.3 is 23.7 Å². The predicted molar refractivity (Wildman–Crippen MR) is 97.3 cm³/mol. The van der Waals surface area contributed by atoms with E-state index < -0.39 is 23.8 Å². The molecule has 10 heteroatoms. The lowest BCUT2D eigenvalue weighted by atomic mass is 9.95. The summed E-state index contributed by atoms with van der Waals surface area (Å²) in [5.74, 6) is -1.48. The molecule has 1 aromatic heterocycles. The number of aliphatic imine (C=N–C) groups is 1. The maximum absolute atomic E-state index is 12.7. The van der Waals surface area contributed by atoms with Crippen LogP contribution < -0.4 is 5.32 Å². The molecule has 2 aliphatic heterocycles. The highest BCUT2D eigenvalue weighted by atomic mass is 16.6. The van der Waals surface area contributed by atoms with E-state index in [1.165, 1.54) is 6.26 Å². The Morgan fingerprint density at radius 2 is 1.93 bits per heavy atom. The van der Waals surface area contributed by atoms with Gasteiger partial charge in [-0.25, -0.2) is 9.79 Å². The third-order valence-corrected chi connectivity index (χ3v) is 4.58. The van der Waals surface area contributed by atoms with E-state index in [0.717, 1.165) is 0 Å². The molecule has 1 aromatic rings. The number of hydrogen-bond acceptors (Lipinski definition) is 8. The van der Waals surface area contributed by atoms with Crippen LogP contribution in [0.25, 0.3) is 0 Å². The number of carbonyl (C=O) groups excluding carboxylic acids is 3. The summed E-state index contributed by atoms with van der Waals surface area (Å²) in [6.45, 7) is 5.77. The van der Waals surface area contributed by atoms with E-state index in [-0.39, 0.29) is 12.7 Å². The second-order valence-corrected chi connectivity index (χ2v) is 6.30. The van der Waals surface area contributed by atoms with Crippen LogP contribution >= 0.6 is 0 Å². The Bertz CT molecular complexity index is 739. The highest BCUT2D eigenvalue weighted by Crippen LogP contribution is 2.31. The smallest absolute Gasteiger partial charge is 0.409 e. The van der Waals surface area contributed by atoms with E-state index in [0.29, 0.717) is 44.5 Å². The van der Waals surface area contributed by atoms with Crippen molar-refractivity contribution >= 4 is 23.9 Å². The Labute approximate surface area is 162 Å². The second kappa shape index (κ2) is 8.77. The fraction of sp³-hybridized carbons (Fsp3) is 0.556. The zero-order chi connectivity index (χ0) is 20.1. The summed E-state index contributed by atoms with van der Waals surface area (Å²) in [6.07, 6.45) is 1.12. The van der Waals surface area contributed by atoms with Gasteiger partial charge in [-0.2, -0.15) is 0 Å². The van der Waals surface area contributed by atoms with Crippen molar-refractivity contribution < 1.29 is 28.3 Å². The van der Waals surface area contributed by atoms with Crippen LogP contribution in [0.1, 0.15) is 25.6 Å². The van der Waals surface area contributed by atoms with Crippen molar-refractivity contribution in [2.45, 2.75) is 19.9 Å². The van der Waals surface area contributed by atoms with Gasteiger partial charge in [-0.3, -0.25) is 14.9 Å². The monoisotopic (exact) mass is 392 g/mol. The molecule has 3 heterocycles. The summed E-state index contributed by atoms with van der Waals surface area (Å²) in [4.78, 5) is 44.9. The minimum atomic E-state index is -1.12. The van der Waals surface area contributed by atoms with Gasteiger partial charge in [-0.15, -0.1) is 0 Å². The number of nitrogens with one attached hydrogen (secondary N) is 1. The van der Waals surface area contributed by atoms with E-state index in [9.17, 15) is 14.4 Å². The molecule has 1 N–H and O–H groups in total. The van der Waals surface area contributed by atoms with Gasteiger partial charge >= 0.3 is 12.1 Å². The van der Waals surface area contributed by atoms with Crippen LogP contribution in [-0.4, -0.2) is 73.1 Å². The van der Waals surface area contributed by atoms with Crippen LogP contribution in [0.15, 0.2) is 27.8 Å². The first kappa shape index (κ1) is 19.7. The van der Waals surface area contributed by atoms with Crippen LogP contribution in [0.4, 0.5) is 4.79 Å². The summed E-state index contributed by atoms with van der Waals surface area (Å²) in [5, 5.41) is 2.70. The Balaban J connectivity index is 1.77. The molecule has 1 saturated heterocycles. The maximum atomic E-state index is 12.7. The number of esters is 1. The van der Waals surface area contributed by atoms with Crippen molar-refractivity contribution in [3.63, 3.8) is 0 Å². The molecule has 0 aromatic carbocycles. The predicted octanol–water partition coefficient (Wildman–Crippen LogP) is 0.760. The van der Waals surface area contributed by atoms with Gasteiger partial charge in [0.05, 0.1) is 19.5 Å². The topological polar surface area (TPSA) is 114 Å². The minimum absolute atomic E-state index is 0.167. The fourth-order valence-electron chi connectivity index (χ4n) is 3.20. The summed E-state index contributed by atoms with van der Waals surface area (Å²) in [5.41, 5.74) is 0. The van der Waals surface area contributed by atoms with Gasteiger partial charge in [0, 0.05) is 26.2 Å². The Hall–Kier alpha value is -3.04. The Morgan fingerprint density at radius 3 is 2.54 bits per heavy atom. The van der Waals surface area contributed by atoms with Crippen molar-refractivity contribution in [2.75, 3.05) is 39.4 Å². The standard InChI is InChI=1S/C18H24N4O6/c1-3-26-16(24)13-14(12-6-5-11-28-12)19-17(20-15(13)23)21-7-9-22(10-8-21)18(25)27-4-2/h5-6,11,13-14H,3-4,7-10H2,1-2H3,(H,19,20,23)/t13-,14+/m1/s1. The minimum Gasteiger partial charge on any atom is -0.467 e. The van der Waals surface area contributed by atoms with E-state index in [1.807, 2.05) is 4.90 Å². The number of carbonyl (C=O) groups is 3. The van der Waals surface area contributed by atoms with E-state index in [2.05, 4.69) is 10.3 Å². The Morgan fingerprint density at radius 1 is 1.21 bits per heavy atom. The van der Waals surface area contributed by atoms with Crippen molar-refractivity contribution in [2.24, 2.45) is 10.9 Å². The molecule has 2 aliphatic rings. The largest absolute Gasteiger partial charge is 0.467 e. The molecule has 2 atom stereocenters. The highest BCUT2D eigenvalue weighted by Gasteiger charge is 2.43. The SMILES string of the molecule is CCOC(=O)[C@H]1C(=O)NC(N2CCN(C(=O)OCC)CC2)=N[C@H]1c1ccco1. The molecule has 2 amide bonds. The molecule has 0 radical (unpaired) electrons. The average Bonchev–Trinajstić information content (AvgIpc) is 3.22. The van der Waals surface area contributed by atoms with E-state index in [1.54, 1.807) is 30.9 Å². The molecule has 3 rings (SSSR count). The first-order valence-electron chi connectivity index (χ1n) is 9.30. The van der Waals surface area contributed by atoms with Crippen LogP contribution in [0.2, 0.25) is 0 Å². The quantitative estimate of drug-likeness (QED) is 0.594. The van der Waals surface area contributed by atoms with E-state index >= 15 is 0 Å². The fourth-order valence-corrected chi connectivity index (χ4v) is 3.20. The molecule has 0 spiro atoms. The van der Waals surface area contributed by atoms with Crippen molar-refractivity contribution in [1.29, 1.82) is 0 Å². The van der Waals surface area contributed by atoms with Crippen LogP contribution in [0.5, 0.6) is 0 Å². The molecule has 1 fully saturated rings. The lowest BCUT2D eigenvalue weighted by Crippen LogP contribution is -2.58. The molecular formula is C18H24N4O6. The summed E-state index contributed by atoms with van der Waals surface area (Å²) in [6, 6.07) is 2.55. The van der Waals surface area contributed by atoms with Crippen LogP contribution in [0, 0.1) is 5.92 Å². The molecular weight excluding hydrogens is 368 g/mol. The highest BCUT2D eigenvalue weighted by molar-refractivity contribution is 6.08. The van der Waals surface area contributed by atoms with Gasteiger partial charge in [-0.05, 0) is 26.0 Å². The molecule has 152 valence electrons. The molecule has 0 aliphatic carbocycles. The first-order chi connectivity index (χ1) is 13.5. The number of furan rings is 1. The van der Waals surface area contributed by atoms with Gasteiger partial charge in [0.15, 0.2) is 5.92 Å². The van der Waals surface area contributed by atoms with E-state index in [4.69, 9.17) is 13.9 Å². The summed E-state index contributed by atoms with van der Waals surface area (Å²) < 4.78 is 15.5. The zero-order valence-electron chi connectivity index (χ0n) is 15.9. The molecule has 10 nitrogen and oxygen atoms in total. The van der Waals surface area contributed by atoms with Crippen LogP contribution in [0.3, 0.4) is 0 Å². The number of nitrogens with zero attached hydrogens (tertiary/aromatic N) is 3. The lowest BCUT2D eigenvalue weighted by molar-refractivity contribution is -0.153. The third kappa shape index (κ3) is 4.10.